The molecular weight excluding hydrogens is 466 g/mol. The van der Waals surface area contributed by atoms with Gasteiger partial charge in [-0.1, -0.05) is 10.4 Å². The Balaban J connectivity index is 5.40. The summed E-state index contributed by atoms with van der Waals surface area (Å²) < 4.78 is 16.1. The number of aliphatic hydroxyl groups excluding tert-OH is 2. The molecule has 16 heteroatoms. The summed E-state index contributed by atoms with van der Waals surface area (Å²) in [6, 6.07) is -1.51. The van der Waals surface area contributed by atoms with E-state index in [-0.39, 0.29) is 58.9 Å². The average Bonchev–Trinajstić information content (AvgIpc) is 2.78. The van der Waals surface area contributed by atoms with Crippen LogP contribution in [0.25, 0.3) is 0 Å². The molecule has 0 aliphatic rings. The first kappa shape index (κ1) is 31.4. The van der Waals surface area contributed by atoms with Gasteiger partial charge in [-0.05, 0) is 0 Å². The van der Waals surface area contributed by atoms with Crippen molar-refractivity contribution in [2.75, 3.05) is 52.7 Å². The van der Waals surface area contributed by atoms with E-state index in [0.29, 0.717) is 0 Å². The first-order valence-electron chi connectivity index (χ1n) is 10.2. The van der Waals surface area contributed by atoms with Gasteiger partial charge in [0.05, 0.1) is 70.5 Å². The number of rotatable bonds is 23. The van der Waals surface area contributed by atoms with Gasteiger partial charge in [0.2, 0.25) is 0 Å². The standard InChI is InChI=1S/C18H31N3O13/c22-13(17(29)12(21-31)7-20-30)8-19-18(9-32-4-1-14(23)24,10-33-5-2-15(25)26)11-34-6-3-16(27)28/h12-13,17,19,22,29H,1-11H2,(H,23,24)(H,25,26)(H,27,28). The van der Waals surface area contributed by atoms with Crippen molar-refractivity contribution < 1.29 is 54.1 Å². The first-order chi connectivity index (χ1) is 16.1. The minimum Gasteiger partial charge on any atom is -0.481 e. The van der Waals surface area contributed by atoms with Crippen LogP contribution >= 0.6 is 0 Å². The van der Waals surface area contributed by atoms with Gasteiger partial charge in [-0.25, -0.2) is 0 Å². The Morgan fingerprint density at radius 2 is 1.21 bits per heavy atom. The molecule has 0 aliphatic carbocycles. The Labute approximate surface area is 194 Å². The number of carbonyl (C=O) groups is 3. The van der Waals surface area contributed by atoms with Crippen molar-refractivity contribution in [1.82, 2.24) is 5.32 Å². The number of hydrogen-bond donors (Lipinski definition) is 6. The number of carboxylic acids is 3. The molecule has 0 aliphatic heterocycles. The van der Waals surface area contributed by atoms with Gasteiger partial charge in [-0.3, -0.25) is 14.4 Å². The molecule has 0 aromatic carbocycles. The maximum atomic E-state index is 10.8. The Kier molecular flexibility index (Phi) is 16.4. The zero-order valence-electron chi connectivity index (χ0n) is 18.4. The molecule has 0 saturated heterocycles. The van der Waals surface area contributed by atoms with Crippen LogP contribution in [0.3, 0.4) is 0 Å². The molecule has 0 aromatic heterocycles. The zero-order chi connectivity index (χ0) is 26.0. The number of ether oxygens (including phenoxy) is 3. The highest BCUT2D eigenvalue weighted by Crippen LogP contribution is 2.12. The minimum absolute atomic E-state index is 0.212. The van der Waals surface area contributed by atoms with Gasteiger partial charge < -0.3 is 45.1 Å². The molecular formula is C18H31N3O13. The van der Waals surface area contributed by atoms with Crippen molar-refractivity contribution in [2.24, 2.45) is 10.4 Å². The van der Waals surface area contributed by atoms with Crippen molar-refractivity contribution in [1.29, 1.82) is 0 Å². The second kappa shape index (κ2) is 17.8. The highest BCUT2D eigenvalue weighted by atomic mass is 16.5. The SMILES string of the molecule is O=NCC(N=O)C(O)C(O)CNC(COCCC(=O)O)(COCCC(=O)O)COCCC(=O)O. The molecule has 0 fully saturated rings. The molecule has 0 aromatic rings. The van der Waals surface area contributed by atoms with Gasteiger partial charge in [-0.2, -0.15) is 9.81 Å². The molecule has 16 nitrogen and oxygen atoms in total. The van der Waals surface area contributed by atoms with E-state index < -0.39 is 54.8 Å². The van der Waals surface area contributed by atoms with E-state index in [4.69, 9.17) is 29.5 Å². The van der Waals surface area contributed by atoms with E-state index in [0.717, 1.165) is 0 Å². The van der Waals surface area contributed by atoms with Gasteiger partial charge in [-0.15, -0.1) is 0 Å². The molecule has 3 unspecified atom stereocenters. The number of nitrogens with one attached hydrogen (secondary N) is 1. The molecule has 0 spiro atoms. The topological polar surface area (TPSA) is 251 Å². The summed E-state index contributed by atoms with van der Waals surface area (Å²) in [7, 11) is 0. The Morgan fingerprint density at radius 3 is 1.53 bits per heavy atom. The Bertz CT molecular complexity index is 594. The fourth-order valence-corrected chi connectivity index (χ4v) is 2.54. The minimum atomic E-state index is -1.76. The van der Waals surface area contributed by atoms with Crippen LogP contribution in [-0.2, 0) is 28.6 Å². The highest BCUT2D eigenvalue weighted by Gasteiger charge is 2.35. The van der Waals surface area contributed by atoms with E-state index in [1.165, 1.54) is 0 Å². The fourth-order valence-electron chi connectivity index (χ4n) is 2.54. The van der Waals surface area contributed by atoms with Crippen molar-refractivity contribution in [3.63, 3.8) is 0 Å². The predicted molar refractivity (Wildman–Crippen MR) is 112 cm³/mol. The largest absolute Gasteiger partial charge is 0.481 e. The quantitative estimate of drug-likeness (QED) is 0.0688. The Hall–Kier alpha value is -2.63. The van der Waals surface area contributed by atoms with Crippen LogP contribution in [0.5, 0.6) is 0 Å². The molecule has 6 N–H and O–H groups in total. The van der Waals surface area contributed by atoms with E-state index in [2.05, 4.69) is 15.7 Å². The summed E-state index contributed by atoms with van der Waals surface area (Å²) >= 11 is 0. The number of carboxylic acid groups (broad SMARTS) is 3. The lowest BCUT2D eigenvalue weighted by Crippen LogP contribution is -2.59. The molecule has 0 amide bonds. The molecule has 0 saturated carbocycles. The number of aliphatic hydroxyl groups is 2. The van der Waals surface area contributed by atoms with Crippen LogP contribution in [0.15, 0.2) is 10.4 Å². The van der Waals surface area contributed by atoms with Gasteiger partial charge in [0.15, 0.2) is 0 Å². The zero-order valence-corrected chi connectivity index (χ0v) is 18.4. The van der Waals surface area contributed by atoms with E-state index >= 15 is 0 Å². The van der Waals surface area contributed by atoms with E-state index in [1.54, 1.807) is 0 Å². The maximum Gasteiger partial charge on any atom is 0.305 e. The van der Waals surface area contributed by atoms with Crippen molar-refractivity contribution >= 4 is 17.9 Å². The lowest BCUT2D eigenvalue weighted by molar-refractivity contribution is -0.139. The third kappa shape index (κ3) is 14.5. The normalized spacial score (nSPS) is 14.2. The maximum absolute atomic E-state index is 10.8. The number of nitrogens with zero attached hydrogens (tertiary/aromatic N) is 2. The third-order valence-corrected chi connectivity index (χ3v) is 4.39. The smallest absolute Gasteiger partial charge is 0.305 e. The van der Waals surface area contributed by atoms with Crippen LogP contribution < -0.4 is 5.32 Å². The first-order valence-corrected chi connectivity index (χ1v) is 10.2. The molecule has 34 heavy (non-hydrogen) atoms. The van der Waals surface area contributed by atoms with E-state index in [1.807, 2.05) is 0 Å². The van der Waals surface area contributed by atoms with Gasteiger partial charge in [0.1, 0.15) is 18.7 Å². The van der Waals surface area contributed by atoms with Crippen LogP contribution in [0.2, 0.25) is 0 Å². The van der Waals surface area contributed by atoms with Crippen molar-refractivity contribution in [2.45, 2.75) is 43.1 Å². The van der Waals surface area contributed by atoms with Crippen molar-refractivity contribution in [3.8, 4) is 0 Å². The number of β-amino-alcohol motifs (C(OH)–C–C–N with tert-alkyl or cyclic N) is 1. The predicted octanol–water partition coefficient (Wildman–Crippen LogP) is -1.59. The summed E-state index contributed by atoms with van der Waals surface area (Å²) in [5.74, 6) is -3.36. The fraction of sp³-hybridized carbons (Fsp3) is 0.833. The molecule has 0 radical (unpaired) electrons. The number of nitroso groups, excluding NO2 is 2. The highest BCUT2D eigenvalue weighted by molar-refractivity contribution is 5.67. The monoisotopic (exact) mass is 497 g/mol. The average molecular weight is 497 g/mol. The van der Waals surface area contributed by atoms with Crippen LogP contribution in [0.1, 0.15) is 19.3 Å². The third-order valence-electron chi connectivity index (χ3n) is 4.39. The van der Waals surface area contributed by atoms with E-state index in [9.17, 15) is 34.4 Å². The number of hydrogen-bond acceptors (Lipinski definition) is 13. The van der Waals surface area contributed by atoms with Crippen LogP contribution in [-0.4, -0.2) is 120 Å². The number of aliphatic carboxylic acids is 3. The van der Waals surface area contributed by atoms with Crippen LogP contribution in [0.4, 0.5) is 0 Å². The van der Waals surface area contributed by atoms with Crippen molar-refractivity contribution in [3.05, 3.63) is 9.81 Å². The molecule has 3 atom stereocenters. The molecule has 0 heterocycles. The summed E-state index contributed by atoms with van der Waals surface area (Å²) in [5.41, 5.74) is -1.34. The molecule has 0 bridgehead atoms. The second-order valence-corrected chi connectivity index (χ2v) is 7.29. The van der Waals surface area contributed by atoms with Crippen LogP contribution in [0, 0.1) is 9.81 Å². The van der Waals surface area contributed by atoms with Gasteiger partial charge >= 0.3 is 17.9 Å². The molecule has 0 rings (SSSR count). The summed E-state index contributed by atoms with van der Waals surface area (Å²) in [6.45, 7) is -2.53. The van der Waals surface area contributed by atoms with Gasteiger partial charge in [0, 0.05) is 6.54 Å². The lowest BCUT2D eigenvalue weighted by Gasteiger charge is -2.35. The second-order valence-electron chi connectivity index (χ2n) is 7.29. The molecule has 196 valence electrons. The van der Waals surface area contributed by atoms with Gasteiger partial charge in [0.25, 0.3) is 0 Å². The lowest BCUT2D eigenvalue weighted by atomic mass is 10.0. The Morgan fingerprint density at radius 1 is 0.794 bits per heavy atom. The summed E-state index contributed by atoms with van der Waals surface area (Å²) in [6.07, 6.45) is -4.37. The summed E-state index contributed by atoms with van der Waals surface area (Å²) in [5, 5.41) is 54.4. The summed E-state index contributed by atoms with van der Waals surface area (Å²) in [4.78, 5) is 53.3.